The summed E-state index contributed by atoms with van der Waals surface area (Å²) in [6.45, 7) is 1.68. The van der Waals surface area contributed by atoms with Crippen molar-refractivity contribution in [3.8, 4) is 17.0 Å². The van der Waals surface area contributed by atoms with Crippen molar-refractivity contribution in [2.24, 2.45) is 0 Å². The zero-order valence-corrected chi connectivity index (χ0v) is 17.0. The van der Waals surface area contributed by atoms with Crippen LogP contribution >= 0.6 is 11.3 Å². The van der Waals surface area contributed by atoms with E-state index in [0.717, 1.165) is 5.56 Å². The molecule has 10 heteroatoms. The minimum atomic E-state index is -0.543. The number of hydrogen-bond acceptors (Lipinski definition) is 7. The molecule has 1 atom stereocenters. The van der Waals surface area contributed by atoms with Gasteiger partial charge in [-0.3, -0.25) is 25.0 Å². The summed E-state index contributed by atoms with van der Waals surface area (Å²) in [6.07, 6.45) is 2.34. The van der Waals surface area contributed by atoms with E-state index in [1.54, 1.807) is 42.6 Å². The molecule has 9 nitrogen and oxygen atoms in total. The smallest absolute Gasteiger partial charge is 0.269 e. The van der Waals surface area contributed by atoms with Gasteiger partial charge in [-0.2, -0.15) is 0 Å². The van der Waals surface area contributed by atoms with Crippen LogP contribution in [-0.4, -0.2) is 27.8 Å². The molecule has 4 rings (SSSR count). The maximum Gasteiger partial charge on any atom is 0.269 e. The molecule has 2 N–H and O–H groups in total. The molecule has 0 bridgehead atoms. The molecule has 1 aromatic heterocycles. The van der Waals surface area contributed by atoms with Crippen molar-refractivity contribution >= 4 is 45.7 Å². The fourth-order valence-corrected chi connectivity index (χ4v) is 3.58. The molecule has 0 radical (unpaired) electrons. The summed E-state index contributed by atoms with van der Waals surface area (Å²) in [4.78, 5) is 38.6. The number of aromatic nitrogens is 1. The number of hydrogen-bond donors (Lipinski definition) is 2. The highest BCUT2D eigenvalue weighted by molar-refractivity contribution is 7.14. The minimum absolute atomic E-state index is 0.0141. The molecule has 0 fully saturated rings. The highest BCUT2D eigenvalue weighted by Gasteiger charge is 2.23. The van der Waals surface area contributed by atoms with Crippen LogP contribution < -0.4 is 15.4 Å². The Hall–Kier alpha value is -4.05. The number of benzene rings is 2. The van der Waals surface area contributed by atoms with E-state index in [0.29, 0.717) is 27.8 Å². The molecule has 156 valence electrons. The van der Waals surface area contributed by atoms with Crippen LogP contribution in [0.3, 0.4) is 0 Å². The summed E-state index contributed by atoms with van der Waals surface area (Å²) in [7, 11) is 0. The number of nitro benzene ring substituents is 1. The van der Waals surface area contributed by atoms with Gasteiger partial charge in [0.05, 0.1) is 16.3 Å². The summed E-state index contributed by atoms with van der Waals surface area (Å²) in [5, 5.41) is 18.4. The van der Waals surface area contributed by atoms with Crippen LogP contribution in [0.1, 0.15) is 12.5 Å². The van der Waals surface area contributed by atoms with Gasteiger partial charge in [0.2, 0.25) is 5.91 Å². The number of nitro groups is 1. The maximum atomic E-state index is 12.2. The number of ether oxygens (including phenoxy) is 1. The average Bonchev–Trinajstić information content (AvgIpc) is 3.21. The summed E-state index contributed by atoms with van der Waals surface area (Å²) in [6, 6.07) is 11.2. The fraction of sp³-hybridized carbons (Fsp3) is 0.0952. The summed E-state index contributed by atoms with van der Waals surface area (Å²) in [5.74, 6) is 0.00557. The van der Waals surface area contributed by atoms with E-state index in [1.807, 2.05) is 6.07 Å². The molecule has 2 aromatic carbocycles. The van der Waals surface area contributed by atoms with E-state index >= 15 is 0 Å². The molecule has 1 unspecified atom stereocenters. The Bertz CT molecular complexity index is 1200. The number of rotatable bonds is 5. The van der Waals surface area contributed by atoms with E-state index in [1.165, 1.54) is 29.5 Å². The molecule has 2 heterocycles. The van der Waals surface area contributed by atoms with Crippen molar-refractivity contribution in [3.05, 3.63) is 69.6 Å². The van der Waals surface area contributed by atoms with E-state index in [-0.39, 0.29) is 17.5 Å². The summed E-state index contributed by atoms with van der Waals surface area (Å²) in [5.41, 5.74) is 2.64. The summed E-state index contributed by atoms with van der Waals surface area (Å²) >= 11 is 1.27. The van der Waals surface area contributed by atoms with Gasteiger partial charge in [0, 0.05) is 29.2 Å². The van der Waals surface area contributed by atoms with E-state index in [4.69, 9.17) is 4.74 Å². The Morgan fingerprint density at radius 2 is 2.06 bits per heavy atom. The monoisotopic (exact) mass is 436 g/mol. The first-order valence-electron chi connectivity index (χ1n) is 9.20. The van der Waals surface area contributed by atoms with Crippen LogP contribution in [0.4, 0.5) is 16.5 Å². The molecule has 0 saturated heterocycles. The Labute approximate surface area is 180 Å². The zero-order valence-electron chi connectivity index (χ0n) is 16.2. The van der Waals surface area contributed by atoms with Crippen LogP contribution in [-0.2, 0) is 9.59 Å². The lowest BCUT2D eigenvalue weighted by molar-refractivity contribution is -0.384. The van der Waals surface area contributed by atoms with Crippen LogP contribution in [0, 0.1) is 10.1 Å². The Kier molecular flexibility index (Phi) is 5.46. The Morgan fingerprint density at radius 1 is 1.29 bits per heavy atom. The third-order valence-corrected chi connectivity index (χ3v) is 5.23. The first-order valence-corrected chi connectivity index (χ1v) is 10.1. The lowest BCUT2D eigenvalue weighted by atomic mass is 10.1. The first kappa shape index (κ1) is 20.2. The summed E-state index contributed by atoms with van der Waals surface area (Å²) < 4.78 is 5.55. The second kappa shape index (κ2) is 8.36. The molecular formula is C21H16N4O5S. The van der Waals surface area contributed by atoms with Gasteiger partial charge < -0.3 is 10.1 Å². The zero-order chi connectivity index (χ0) is 22.0. The highest BCUT2D eigenvalue weighted by atomic mass is 32.1. The average molecular weight is 436 g/mol. The van der Waals surface area contributed by atoms with Crippen LogP contribution in [0.15, 0.2) is 53.9 Å². The molecule has 1 aliphatic heterocycles. The third-order valence-electron chi connectivity index (χ3n) is 4.47. The number of non-ortho nitro benzene ring substituents is 1. The van der Waals surface area contributed by atoms with Crippen molar-refractivity contribution in [2.75, 3.05) is 10.6 Å². The predicted molar refractivity (Wildman–Crippen MR) is 117 cm³/mol. The predicted octanol–water partition coefficient (Wildman–Crippen LogP) is 4.09. The van der Waals surface area contributed by atoms with Crippen molar-refractivity contribution in [2.45, 2.75) is 13.0 Å². The van der Waals surface area contributed by atoms with Gasteiger partial charge in [-0.15, -0.1) is 11.3 Å². The first-order chi connectivity index (χ1) is 14.9. The van der Waals surface area contributed by atoms with E-state index in [9.17, 15) is 19.7 Å². The van der Waals surface area contributed by atoms with E-state index in [2.05, 4.69) is 15.6 Å². The van der Waals surface area contributed by atoms with Gasteiger partial charge in [0.15, 0.2) is 11.2 Å². The fourth-order valence-electron chi connectivity index (χ4n) is 2.86. The van der Waals surface area contributed by atoms with Crippen LogP contribution in [0.5, 0.6) is 5.75 Å². The molecule has 1 aliphatic rings. The van der Waals surface area contributed by atoms with Gasteiger partial charge in [-0.1, -0.05) is 0 Å². The second-order valence-corrected chi connectivity index (χ2v) is 7.53. The molecular weight excluding hydrogens is 420 g/mol. The minimum Gasteiger partial charge on any atom is -0.479 e. The van der Waals surface area contributed by atoms with E-state index < -0.39 is 11.0 Å². The normalized spacial score (nSPS) is 15.1. The van der Waals surface area contributed by atoms with Gasteiger partial charge in [-0.25, -0.2) is 4.98 Å². The molecule has 0 spiro atoms. The van der Waals surface area contributed by atoms with Crippen LogP contribution in [0.2, 0.25) is 0 Å². The quantitative estimate of drug-likeness (QED) is 0.353. The number of nitrogens with one attached hydrogen (secondary N) is 2. The lowest BCUT2D eigenvalue weighted by Gasteiger charge is -2.23. The third kappa shape index (κ3) is 4.59. The standard InChI is InChI=1S/C21H16N4O5S/c1-12-20(27)22-16-10-14(5-8-18(16)30-12)17-11-31-21(23-17)24-19(26)9-4-13-2-6-15(7-3-13)25(28)29/h2-12H,1H3,(H,22,27)(H,23,24,26)/b9-4+. The van der Waals surface area contributed by atoms with Crippen molar-refractivity contribution in [1.82, 2.24) is 4.98 Å². The molecule has 2 amide bonds. The molecule has 0 saturated carbocycles. The molecule has 31 heavy (non-hydrogen) atoms. The number of carbonyl (C=O) groups is 2. The van der Waals surface area contributed by atoms with Crippen molar-refractivity contribution in [3.63, 3.8) is 0 Å². The Balaban J connectivity index is 1.42. The number of amides is 2. The number of carbonyl (C=O) groups excluding carboxylic acids is 2. The topological polar surface area (TPSA) is 123 Å². The lowest BCUT2D eigenvalue weighted by Crippen LogP contribution is -2.34. The molecule has 0 aliphatic carbocycles. The van der Waals surface area contributed by atoms with Crippen molar-refractivity contribution < 1.29 is 19.2 Å². The Morgan fingerprint density at radius 3 is 2.81 bits per heavy atom. The largest absolute Gasteiger partial charge is 0.479 e. The SMILES string of the molecule is CC1Oc2ccc(-c3csc(NC(=O)/C=C/c4ccc([N+](=O)[O-])cc4)n3)cc2NC1=O. The second-order valence-electron chi connectivity index (χ2n) is 6.67. The number of fused-ring (bicyclic) bond motifs is 1. The number of nitrogens with zero attached hydrogens (tertiary/aromatic N) is 2. The number of thiazole rings is 1. The van der Waals surface area contributed by atoms with Gasteiger partial charge in [0.1, 0.15) is 5.75 Å². The van der Waals surface area contributed by atoms with Crippen LogP contribution in [0.25, 0.3) is 17.3 Å². The maximum absolute atomic E-state index is 12.2. The number of anilines is 2. The van der Waals surface area contributed by atoms with Gasteiger partial charge in [0.25, 0.3) is 11.6 Å². The highest BCUT2D eigenvalue weighted by Crippen LogP contribution is 2.34. The van der Waals surface area contributed by atoms with Gasteiger partial charge in [-0.05, 0) is 48.9 Å². The van der Waals surface area contributed by atoms with Crippen molar-refractivity contribution in [1.29, 1.82) is 0 Å². The van der Waals surface area contributed by atoms with Gasteiger partial charge >= 0.3 is 0 Å². The molecule has 3 aromatic rings.